The van der Waals surface area contributed by atoms with Crippen molar-refractivity contribution < 1.29 is 22.0 Å². The molecule has 0 radical (unpaired) electrons. The van der Waals surface area contributed by atoms with Crippen molar-refractivity contribution in [2.24, 2.45) is 25.9 Å². The van der Waals surface area contributed by atoms with Gasteiger partial charge in [0.1, 0.15) is 5.02 Å². The highest BCUT2D eigenvalue weighted by molar-refractivity contribution is 6.30. The van der Waals surface area contributed by atoms with Gasteiger partial charge in [0.05, 0.1) is 12.4 Å². The Hall–Kier alpha value is -1.94. The first-order valence-electron chi connectivity index (χ1n) is 4.62. The molecule has 21 heavy (non-hydrogen) atoms. The summed E-state index contributed by atoms with van der Waals surface area (Å²) in [6, 6.07) is 0. The molecule has 12 heteroatoms. The molecule has 1 heterocycles. The number of rotatable bonds is 0. The molecule has 0 bridgehead atoms. The molecule has 0 amide bonds. The van der Waals surface area contributed by atoms with Gasteiger partial charge >= 0.3 is 0 Å². The molecular weight excluding hydrogens is 344 g/mol. The normalized spacial score (nSPS) is 12.1. The Kier molecular flexibility index (Phi) is 8.24. The summed E-state index contributed by atoms with van der Waals surface area (Å²) >= 11 is 4.76. The summed E-state index contributed by atoms with van der Waals surface area (Å²) in [7, 11) is 0. The minimum absolute atomic E-state index is 0. The highest BCUT2D eigenvalue weighted by Crippen LogP contribution is 2.26. The second kappa shape index (κ2) is 9.08. The van der Waals surface area contributed by atoms with E-state index < -0.39 is 34.1 Å². The first kappa shape index (κ1) is 19.1. The van der Waals surface area contributed by atoms with E-state index in [4.69, 9.17) is 11.6 Å². The third-order valence-corrected chi connectivity index (χ3v) is 1.98. The van der Waals surface area contributed by atoms with Crippen LogP contribution in [-0.4, -0.2) is 6.21 Å². The lowest BCUT2D eigenvalue weighted by Crippen LogP contribution is -2.00. The minimum atomic E-state index is -2.21. The fourth-order valence-corrected chi connectivity index (χ4v) is 0.983. The van der Waals surface area contributed by atoms with Gasteiger partial charge in [-0.25, -0.2) is 22.0 Å². The van der Waals surface area contributed by atoms with E-state index in [2.05, 4.69) is 25.9 Å². The van der Waals surface area contributed by atoms with E-state index in [1.807, 2.05) is 0 Å². The van der Waals surface area contributed by atoms with Gasteiger partial charge in [-0.1, -0.05) is 11.6 Å². The van der Waals surface area contributed by atoms with Crippen molar-refractivity contribution in [2.45, 2.75) is 0 Å². The van der Waals surface area contributed by atoms with E-state index in [9.17, 15) is 22.0 Å². The fourth-order valence-electron chi connectivity index (χ4n) is 0.817. The van der Waals surface area contributed by atoms with E-state index in [-0.39, 0.29) is 12.4 Å². The molecule has 114 valence electrons. The molecule has 2 rings (SSSR count). The molecule has 0 aromatic heterocycles. The van der Waals surface area contributed by atoms with Gasteiger partial charge in [-0.05, 0) is 21.7 Å². The van der Waals surface area contributed by atoms with Crippen molar-refractivity contribution in [1.29, 1.82) is 0 Å². The van der Waals surface area contributed by atoms with Crippen LogP contribution in [0.15, 0.2) is 38.2 Å². The Bertz CT molecular complexity index is 456. The van der Waals surface area contributed by atoms with Crippen LogP contribution in [0.25, 0.3) is 0 Å². The summed E-state index contributed by atoms with van der Waals surface area (Å²) in [5.74, 6) is -10.3. The van der Waals surface area contributed by atoms with Crippen LogP contribution in [0.4, 0.5) is 22.0 Å². The molecule has 0 atom stereocenters. The van der Waals surface area contributed by atoms with Crippen molar-refractivity contribution in [2.75, 3.05) is 0 Å². The smallest absolute Gasteiger partial charge is 0.200 e. The Morgan fingerprint density at radius 3 is 1.86 bits per heavy atom. The SMILES string of the molecule is C1=CN=NN=NN=C1.Cl.Fc1c(F)c(F)c(Cl)c(F)c1F. The van der Waals surface area contributed by atoms with Crippen molar-refractivity contribution in [1.82, 2.24) is 0 Å². The molecule has 0 saturated carbocycles. The second-order valence-corrected chi connectivity index (χ2v) is 3.25. The van der Waals surface area contributed by atoms with Crippen molar-refractivity contribution >= 4 is 30.2 Å². The quantitative estimate of drug-likeness (QED) is 0.368. The molecule has 0 spiro atoms. The summed E-state index contributed by atoms with van der Waals surface area (Å²) in [6.07, 6.45) is 4.56. The van der Waals surface area contributed by atoms with Crippen LogP contribution in [0.5, 0.6) is 0 Å². The number of hydrogen-bond donors (Lipinski definition) is 0. The zero-order chi connectivity index (χ0) is 15.1. The van der Waals surface area contributed by atoms with E-state index >= 15 is 0 Å². The van der Waals surface area contributed by atoms with Crippen LogP contribution in [-0.2, 0) is 0 Å². The molecule has 0 aliphatic carbocycles. The van der Waals surface area contributed by atoms with Gasteiger partial charge in [-0.2, -0.15) is 0 Å². The molecule has 0 saturated heterocycles. The van der Waals surface area contributed by atoms with Gasteiger partial charge in [0.15, 0.2) is 23.3 Å². The van der Waals surface area contributed by atoms with Crippen LogP contribution in [0.3, 0.4) is 0 Å². The number of benzene rings is 1. The lowest BCUT2D eigenvalue weighted by atomic mass is 10.3. The Morgan fingerprint density at radius 1 is 0.762 bits per heavy atom. The summed E-state index contributed by atoms with van der Waals surface area (Å²) in [5.41, 5.74) is 0. The van der Waals surface area contributed by atoms with Crippen molar-refractivity contribution in [3.8, 4) is 0 Å². The van der Waals surface area contributed by atoms with Crippen LogP contribution >= 0.6 is 24.0 Å². The minimum Gasteiger partial charge on any atom is -0.202 e. The van der Waals surface area contributed by atoms with Gasteiger partial charge in [-0.3, -0.25) is 0 Å². The zero-order valence-electron chi connectivity index (χ0n) is 9.64. The average Bonchev–Trinajstić information content (AvgIpc) is 2.41. The van der Waals surface area contributed by atoms with Crippen LogP contribution in [0, 0.1) is 29.1 Å². The lowest BCUT2D eigenvalue weighted by molar-refractivity contribution is 0.379. The third-order valence-electron chi connectivity index (χ3n) is 1.64. The first-order valence-corrected chi connectivity index (χ1v) is 4.99. The van der Waals surface area contributed by atoms with Crippen LogP contribution < -0.4 is 0 Å². The molecule has 0 N–H and O–H groups in total. The Morgan fingerprint density at radius 2 is 1.29 bits per heavy atom. The zero-order valence-corrected chi connectivity index (χ0v) is 11.2. The van der Waals surface area contributed by atoms with E-state index in [1.54, 1.807) is 6.08 Å². The van der Waals surface area contributed by atoms with Gasteiger partial charge < -0.3 is 0 Å². The summed E-state index contributed by atoms with van der Waals surface area (Å²) in [6.45, 7) is 0. The first-order chi connectivity index (χ1) is 9.46. The molecule has 1 aliphatic rings. The maximum absolute atomic E-state index is 12.3. The van der Waals surface area contributed by atoms with E-state index in [0.29, 0.717) is 0 Å². The topological polar surface area (TPSA) is 61.8 Å². The van der Waals surface area contributed by atoms with Crippen molar-refractivity contribution in [3.05, 3.63) is 46.4 Å². The summed E-state index contributed by atoms with van der Waals surface area (Å²) < 4.78 is 61.1. The largest absolute Gasteiger partial charge is 0.202 e. The predicted molar refractivity (Wildman–Crippen MR) is 65.8 cm³/mol. The van der Waals surface area contributed by atoms with E-state index in [1.165, 1.54) is 12.4 Å². The molecule has 0 fully saturated rings. The highest BCUT2D eigenvalue weighted by atomic mass is 35.5. The lowest BCUT2D eigenvalue weighted by Gasteiger charge is -2.00. The maximum Gasteiger partial charge on any atom is 0.200 e. The standard InChI is InChI=1S/C6ClF5.C3H3N5.ClH/c7-1-2(8)4(10)6(12)5(11)3(1)9;1-2-4-6-8-7-5-3-1;/h;1-3H;1H. The van der Waals surface area contributed by atoms with Gasteiger partial charge in [0.25, 0.3) is 0 Å². The van der Waals surface area contributed by atoms with E-state index in [0.717, 1.165) is 0 Å². The van der Waals surface area contributed by atoms with Crippen LogP contribution in [0.2, 0.25) is 5.02 Å². The average molecular weight is 348 g/mol. The maximum atomic E-state index is 12.3. The van der Waals surface area contributed by atoms with Crippen LogP contribution in [0.1, 0.15) is 0 Å². The number of hydrogen-bond acceptors (Lipinski definition) is 5. The Labute approximate surface area is 125 Å². The summed E-state index contributed by atoms with van der Waals surface area (Å²) in [4.78, 5) is 0. The second-order valence-electron chi connectivity index (χ2n) is 2.87. The molecule has 5 nitrogen and oxygen atoms in total. The van der Waals surface area contributed by atoms with Gasteiger partial charge in [0.2, 0.25) is 5.82 Å². The van der Waals surface area contributed by atoms with Gasteiger partial charge in [0, 0.05) is 0 Å². The molecule has 1 aromatic carbocycles. The highest BCUT2D eigenvalue weighted by Gasteiger charge is 2.24. The molecule has 1 aromatic rings. The number of nitrogens with zero attached hydrogens (tertiary/aromatic N) is 5. The molecule has 0 unspecified atom stereocenters. The summed E-state index contributed by atoms with van der Waals surface area (Å²) in [5, 5.41) is 15.0. The Balaban J connectivity index is 0.000000390. The monoisotopic (exact) mass is 347 g/mol. The molecular formula is C9H4Cl2F5N5. The van der Waals surface area contributed by atoms with Crippen molar-refractivity contribution in [3.63, 3.8) is 0 Å². The van der Waals surface area contributed by atoms with Gasteiger partial charge in [-0.15, -0.1) is 22.6 Å². The predicted octanol–water partition coefficient (Wildman–Crippen LogP) is 4.78. The number of halogens is 7. The molecule has 1 aliphatic heterocycles. The third kappa shape index (κ3) is 5.16. The number of allylic oxidation sites excluding steroid dienone is 1. The fraction of sp³-hybridized carbons (Fsp3) is 0.